The van der Waals surface area contributed by atoms with Crippen LogP contribution >= 0.6 is 0 Å². The van der Waals surface area contributed by atoms with Crippen molar-refractivity contribution in [2.75, 3.05) is 17.6 Å². The Morgan fingerprint density at radius 2 is 1.95 bits per heavy atom. The maximum absolute atomic E-state index is 6.06. The molecule has 0 amide bonds. The van der Waals surface area contributed by atoms with Crippen LogP contribution in [-0.4, -0.2) is 28.6 Å². The molecule has 1 aliphatic heterocycles. The molecule has 2 aliphatic carbocycles. The number of nitrogens with two attached hydrogens (primary N) is 1. The van der Waals surface area contributed by atoms with E-state index in [0.29, 0.717) is 23.4 Å². The first kappa shape index (κ1) is 14.2. The fourth-order valence-electron chi connectivity index (χ4n) is 4.80. The van der Waals surface area contributed by atoms with E-state index in [-0.39, 0.29) is 0 Å². The predicted molar refractivity (Wildman–Crippen MR) is 89.0 cm³/mol. The molecule has 1 spiro atoms. The van der Waals surface area contributed by atoms with Crippen LogP contribution in [0.25, 0.3) is 0 Å². The van der Waals surface area contributed by atoms with Crippen LogP contribution in [0.15, 0.2) is 0 Å². The number of fused-ring (bicyclic) bond motifs is 2. The van der Waals surface area contributed by atoms with Gasteiger partial charge in [0.25, 0.3) is 0 Å². The minimum Gasteiger partial charge on any atom is -0.368 e. The second-order valence-corrected chi connectivity index (χ2v) is 7.48. The lowest BCUT2D eigenvalue weighted by Gasteiger charge is -2.35. The molecule has 4 N–H and O–H groups in total. The van der Waals surface area contributed by atoms with Crippen LogP contribution in [0.2, 0.25) is 0 Å². The molecule has 0 unspecified atom stereocenters. The van der Waals surface area contributed by atoms with Crippen molar-refractivity contribution in [2.45, 2.75) is 75.8 Å². The van der Waals surface area contributed by atoms with Crippen molar-refractivity contribution < 1.29 is 0 Å². The van der Waals surface area contributed by atoms with Crippen LogP contribution in [0.1, 0.15) is 63.1 Å². The fourth-order valence-corrected chi connectivity index (χ4v) is 4.80. The van der Waals surface area contributed by atoms with Crippen molar-refractivity contribution in [1.82, 2.24) is 15.3 Å². The molecule has 1 aromatic rings. The minimum absolute atomic E-state index is 0.294. The first-order valence-electron chi connectivity index (χ1n) is 8.83. The third-order valence-corrected chi connectivity index (χ3v) is 5.86. The molecular formula is C17H27N5. The topological polar surface area (TPSA) is 75.9 Å². The molecule has 5 heteroatoms. The van der Waals surface area contributed by atoms with Gasteiger partial charge in [-0.05, 0) is 45.4 Å². The largest absolute Gasteiger partial charge is 0.368 e. The summed E-state index contributed by atoms with van der Waals surface area (Å²) >= 11 is 0. The summed E-state index contributed by atoms with van der Waals surface area (Å²) in [4.78, 5) is 9.27. The predicted octanol–water partition coefficient (Wildman–Crippen LogP) is 2.37. The zero-order chi connectivity index (χ0) is 15.2. The van der Waals surface area contributed by atoms with E-state index in [0.717, 1.165) is 25.2 Å². The standard InChI is InChI=1S/C17H27N5/c1-11-9-12(10-19-11)20-15-13-5-4-8-17(6-2-3-7-17)14(13)21-16(18)22-15/h11-12,19H,2-10H2,1H3,(H3,18,20,21,22)/t11-,12+/m1/s1. The Morgan fingerprint density at radius 3 is 2.68 bits per heavy atom. The van der Waals surface area contributed by atoms with Gasteiger partial charge in [-0.1, -0.05) is 12.8 Å². The number of hydrogen-bond acceptors (Lipinski definition) is 5. The van der Waals surface area contributed by atoms with E-state index in [1.165, 1.54) is 49.8 Å². The quantitative estimate of drug-likeness (QED) is 0.782. The summed E-state index contributed by atoms with van der Waals surface area (Å²) in [7, 11) is 0. The second kappa shape index (κ2) is 5.37. The SMILES string of the molecule is C[C@@H]1C[C@H](Nc2nc(N)nc3c2CCCC32CCCC2)CN1. The molecule has 0 aromatic carbocycles. The van der Waals surface area contributed by atoms with Gasteiger partial charge in [0.05, 0.1) is 5.69 Å². The normalized spacial score (nSPS) is 29.7. The molecule has 1 saturated heterocycles. The van der Waals surface area contributed by atoms with Crippen LogP contribution in [0.5, 0.6) is 0 Å². The van der Waals surface area contributed by atoms with Crippen molar-refractivity contribution in [3.05, 3.63) is 11.3 Å². The molecule has 4 rings (SSSR count). The Hall–Kier alpha value is -1.36. The van der Waals surface area contributed by atoms with Gasteiger partial charge in [0.2, 0.25) is 5.95 Å². The minimum atomic E-state index is 0.294. The molecule has 0 radical (unpaired) electrons. The first-order valence-corrected chi connectivity index (χ1v) is 8.83. The summed E-state index contributed by atoms with van der Waals surface area (Å²) in [6.07, 6.45) is 9.98. The molecule has 120 valence electrons. The van der Waals surface area contributed by atoms with Crippen molar-refractivity contribution in [3.8, 4) is 0 Å². The van der Waals surface area contributed by atoms with E-state index in [9.17, 15) is 0 Å². The van der Waals surface area contributed by atoms with E-state index in [2.05, 4.69) is 22.5 Å². The summed E-state index contributed by atoms with van der Waals surface area (Å²) in [6, 6.07) is 1.03. The zero-order valence-corrected chi connectivity index (χ0v) is 13.5. The Labute approximate surface area is 132 Å². The number of nitrogen functional groups attached to an aromatic ring is 1. The lowest BCUT2D eigenvalue weighted by atomic mass is 9.71. The lowest BCUT2D eigenvalue weighted by Crippen LogP contribution is -2.32. The van der Waals surface area contributed by atoms with Crippen LogP contribution in [-0.2, 0) is 11.8 Å². The maximum atomic E-state index is 6.06. The van der Waals surface area contributed by atoms with Gasteiger partial charge in [-0.25, -0.2) is 4.98 Å². The highest BCUT2D eigenvalue weighted by molar-refractivity contribution is 5.54. The Morgan fingerprint density at radius 1 is 1.18 bits per heavy atom. The van der Waals surface area contributed by atoms with Gasteiger partial charge in [-0.15, -0.1) is 0 Å². The molecule has 1 aromatic heterocycles. The molecule has 2 heterocycles. The van der Waals surface area contributed by atoms with E-state index in [1.807, 2.05) is 0 Å². The third kappa shape index (κ3) is 2.35. The summed E-state index contributed by atoms with van der Waals surface area (Å²) in [6.45, 7) is 3.24. The second-order valence-electron chi connectivity index (χ2n) is 7.48. The Bertz CT molecular complexity index is 564. The van der Waals surface area contributed by atoms with Gasteiger partial charge in [-0.2, -0.15) is 4.98 Å². The monoisotopic (exact) mass is 301 g/mol. The number of rotatable bonds is 2. The Balaban J connectivity index is 1.69. The number of nitrogens with zero attached hydrogens (tertiary/aromatic N) is 2. The van der Waals surface area contributed by atoms with Gasteiger partial charge in [0.1, 0.15) is 5.82 Å². The van der Waals surface area contributed by atoms with Crippen LogP contribution in [0.4, 0.5) is 11.8 Å². The van der Waals surface area contributed by atoms with Gasteiger partial charge in [-0.3, -0.25) is 0 Å². The molecular weight excluding hydrogens is 274 g/mol. The first-order chi connectivity index (χ1) is 10.7. The average molecular weight is 301 g/mol. The van der Waals surface area contributed by atoms with Crippen molar-refractivity contribution >= 4 is 11.8 Å². The number of anilines is 2. The fraction of sp³-hybridized carbons (Fsp3) is 0.765. The molecule has 22 heavy (non-hydrogen) atoms. The van der Waals surface area contributed by atoms with E-state index in [1.54, 1.807) is 0 Å². The molecule has 2 fully saturated rings. The van der Waals surface area contributed by atoms with Gasteiger partial charge in [0.15, 0.2) is 0 Å². The number of aromatic nitrogens is 2. The van der Waals surface area contributed by atoms with Crippen LogP contribution in [0, 0.1) is 0 Å². The van der Waals surface area contributed by atoms with Gasteiger partial charge < -0.3 is 16.4 Å². The van der Waals surface area contributed by atoms with E-state index < -0.39 is 0 Å². The summed E-state index contributed by atoms with van der Waals surface area (Å²) in [5.74, 6) is 1.45. The van der Waals surface area contributed by atoms with Crippen molar-refractivity contribution in [1.29, 1.82) is 0 Å². The van der Waals surface area contributed by atoms with Crippen LogP contribution in [0.3, 0.4) is 0 Å². The molecule has 1 saturated carbocycles. The number of hydrogen-bond donors (Lipinski definition) is 3. The van der Waals surface area contributed by atoms with Gasteiger partial charge >= 0.3 is 0 Å². The summed E-state index contributed by atoms with van der Waals surface area (Å²) in [5.41, 5.74) is 8.97. The molecule has 2 atom stereocenters. The lowest BCUT2D eigenvalue weighted by molar-refractivity contribution is 0.358. The Kier molecular flexibility index (Phi) is 3.48. The molecule has 0 bridgehead atoms. The zero-order valence-electron chi connectivity index (χ0n) is 13.5. The summed E-state index contributed by atoms with van der Waals surface area (Å²) < 4.78 is 0. The molecule has 5 nitrogen and oxygen atoms in total. The van der Waals surface area contributed by atoms with Crippen molar-refractivity contribution in [3.63, 3.8) is 0 Å². The van der Waals surface area contributed by atoms with Gasteiger partial charge in [0, 0.05) is 29.6 Å². The summed E-state index contributed by atoms with van der Waals surface area (Å²) in [5, 5.41) is 7.15. The maximum Gasteiger partial charge on any atom is 0.222 e. The highest BCUT2D eigenvalue weighted by Gasteiger charge is 2.41. The molecule has 3 aliphatic rings. The van der Waals surface area contributed by atoms with Crippen molar-refractivity contribution in [2.24, 2.45) is 0 Å². The highest BCUT2D eigenvalue weighted by atomic mass is 15.1. The average Bonchev–Trinajstić information content (AvgIpc) is 3.11. The van der Waals surface area contributed by atoms with Crippen LogP contribution < -0.4 is 16.4 Å². The highest BCUT2D eigenvalue weighted by Crippen LogP contribution is 2.49. The number of nitrogens with one attached hydrogen (secondary N) is 2. The third-order valence-electron chi connectivity index (χ3n) is 5.86. The van der Waals surface area contributed by atoms with E-state index >= 15 is 0 Å². The van der Waals surface area contributed by atoms with E-state index in [4.69, 9.17) is 10.7 Å². The smallest absolute Gasteiger partial charge is 0.222 e.